The third kappa shape index (κ3) is 5.62. The largest absolute Gasteiger partial charge is 0.402 e. The van der Waals surface area contributed by atoms with E-state index in [0.717, 1.165) is 10.0 Å². The average molecular weight is 365 g/mol. The molecule has 0 heterocycles. The van der Waals surface area contributed by atoms with E-state index >= 15 is 0 Å². The van der Waals surface area contributed by atoms with Gasteiger partial charge in [-0.1, -0.05) is 81.6 Å². The van der Waals surface area contributed by atoms with Crippen molar-refractivity contribution in [2.45, 2.75) is 64.1 Å². The molecule has 1 unspecified atom stereocenters. The Kier molecular flexibility index (Phi) is 6.28. The first-order valence-electron chi connectivity index (χ1n) is 7.26. The summed E-state index contributed by atoms with van der Waals surface area (Å²) in [5.74, 6) is 2.58. The molecule has 0 amide bonds. The summed E-state index contributed by atoms with van der Waals surface area (Å²) in [5.41, 5.74) is 1.16. The molecular formula is C18H25BrOSi. The molecule has 0 aliphatic carbocycles. The van der Waals surface area contributed by atoms with Gasteiger partial charge in [0, 0.05) is 10.9 Å². The monoisotopic (exact) mass is 364 g/mol. The highest BCUT2D eigenvalue weighted by molar-refractivity contribution is 9.10. The Bertz CT molecular complexity index is 491. The third-order valence-corrected chi connectivity index (χ3v) is 7.17. The zero-order valence-electron chi connectivity index (χ0n) is 13.9. The van der Waals surface area contributed by atoms with Crippen molar-refractivity contribution in [3.8, 4) is 5.92 Å². The summed E-state index contributed by atoms with van der Waals surface area (Å²) in [4.78, 5) is 0. The Morgan fingerprint density at radius 3 is 2.10 bits per heavy atom. The van der Waals surface area contributed by atoms with E-state index < -0.39 is 9.04 Å². The van der Waals surface area contributed by atoms with Crippen LogP contribution in [0.25, 0.3) is 0 Å². The molecule has 1 aromatic carbocycles. The van der Waals surface area contributed by atoms with Gasteiger partial charge in [-0.15, -0.1) is 0 Å². The van der Waals surface area contributed by atoms with Crippen LogP contribution < -0.4 is 0 Å². The van der Waals surface area contributed by atoms with Crippen LogP contribution >= 0.6 is 15.9 Å². The van der Waals surface area contributed by atoms with Crippen LogP contribution in [0.5, 0.6) is 0 Å². The van der Waals surface area contributed by atoms with Crippen LogP contribution in [-0.4, -0.2) is 15.1 Å². The van der Waals surface area contributed by atoms with Crippen LogP contribution in [0.15, 0.2) is 28.7 Å². The smallest absolute Gasteiger partial charge is 0.224 e. The fourth-order valence-corrected chi connectivity index (χ4v) is 6.44. The molecular weight excluding hydrogens is 340 g/mol. The molecule has 21 heavy (non-hydrogen) atoms. The van der Waals surface area contributed by atoms with Crippen molar-refractivity contribution >= 4 is 25.0 Å². The minimum Gasteiger partial charge on any atom is -0.402 e. The van der Waals surface area contributed by atoms with Gasteiger partial charge in [-0.2, -0.15) is 0 Å². The Hall–Kier alpha value is -0.563. The van der Waals surface area contributed by atoms with E-state index in [0.29, 0.717) is 6.42 Å². The highest BCUT2D eigenvalue weighted by Gasteiger charge is 2.40. The minimum atomic E-state index is -1.12. The first-order valence-corrected chi connectivity index (χ1v) is 9.46. The second-order valence-corrected chi connectivity index (χ2v) is 12.1. The van der Waals surface area contributed by atoms with Gasteiger partial charge in [0.05, 0.1) is 0 Å². The first kappa shape index (κ1) is 18.5. The van der Waals surface area contributed by atoms with Crippen LogP contribution in [0.1, 0.15) is 47.1 Å². The summed E-state index contributed by atoms with van der Waals surface area (Å²) >= 11 is 3.56. The predicted octanol–water partition coefficient (Wildman–Crippen LogP) is 5.56. The van der Waals surface area contributed by atoms with Gasteiger partial charge in [-0.05, 0) is 28.1 Å². The number of rotatable bonds is 4. The highest BCUT2D eigenvalue weighted by Crippen LogP contribution is 2.43. The molecule has 0 aromatic heterocycles. The fourth-order valence-electron chi connectivity index (χ4n) is 2.61. The van der Waals surface area contributed by atoms with Crippen LogP contribution in [0.3, 0.4) is 0 Å². The average Bonchev–Trinajstić information content (AvgIpc) is 2.33. The SMILES string of the molecule is [C]#CC(Cc1ccccc1Br)O[Si](C(C)(C)C)C(C)(C)C. The van der Waals surface area contributed by atoms with Crippen LogP contribution in [-0.2, 0) is 10.8 Å². The Labute approximate surface area is 140 Å². The van der Waals surface area contributed by atoms with Gasteiger partial charge in [-0.3, -0.25) is 0 Å². The van der Waals surface area contributed by atoms with Gasteiger partial charge in [0.1, 0.15) is 6.10 Å². The Morgan fingerprint density at radius 1 is 1.14 bits per heavy atom. The summed E-state index contributed by atoms with van der Waals surface area (Å²) in [6.45, 7) is 13.4. The maximum absolute atomic E-state index is 7.61. The van der Waals surface area contributed by atoms with E-state index in [1.165, 1.54) is 0 Å². The van der Waals surface area contributed by atoms with Gasteiger partial charge < -0.3 is 4.43 Å². The minimum absolute atomic E-state index is 0.117. The maximum atomic E-state index is 7.61. The molecule has 2 radical (unpaired) electrons. The number of hydrogen-bond donors (Lipinski definition) is 0. The normalized spacial score (nSPS) is 14.0. The maximum Gasteiger partial charge on any atom is 0.224 e. The summed E-state index contributed by atoms with van der Waals surface area (Å²) in [6.07, 6.45) is 8.01. The van der Waals surface area contributed by atoms with Gasteiger partial charge in [-0.25, -0.2) is 0 Å². The number of benzene rings is 1. The topological polar surface area (TPSA) is 9.23 Å². The molecule has 114 valence electrons. The highest BCUT2D eigenvalue weighted by atomic mass is 79.9. The van der Waals surface area contributed by atoms with Crippen molar-refractivity contribution in [1.82, 2.24) is 0 Å². The molecule has 0 saturated heterocycles. The quantitative estimate of drug-likeness (QED) is 0.501. The van der Waals surface area contributed by atoms with Crippen molar-refractivity contribution < 1.29 is 4.43 Å². The molecule has 0 fully saturated rings. The van der Waals surface area contributed by atoms with Crippen LogP contribution in [0, 0.1) is 12.3 Å². The van der Waals surface area contributed by atoms with E-state index in [4.69, 9.17) is 10.8 Å². The van der Waals surface area contributed by atoms with E-state index in [9.17, 15) is 0 Å². The van der Waals surface area contributed by atoms with Gasteiger partial charge in [0.25, 0.3) is 0 Å². The third-order valence-electron chi connectivity index (χ3n) is 3.15. The molecule has 1 rings (SSSR count). The molecule has 1 nitrogen and oxygen atoms in total. The second-order valence-electron chi connectivity index (χ2n) is 7.38. The lowest BCUT2D eigenvalue weighted by Gasteiger charge is -2.39. The molecule has 1 aromatic rings. The van der Waals surface area contributed by atoms with Crippen molar-refractivity contribution in [2.24, 2.45) is 0 Å². The van der Waals surface area contributed by atoms with Gasteiger partial charge in [0.2, 0.25) is 9.04 Å². The summed E-state index contributed by atoms with van der Waals surface area (Å²) in [6, 6.07) is 8.10. The van der Waals surface area contributed by atoms with Gasteiger partial charge >= 0.3 is 0 Å². The van der Waals surface area contributed by atoms with Crippen molar-refractivity contribution in [2.75, 3.05) is 0 Å². The first-order chi connectivity index (χ1) is 9.55. The standard InChI is InChI=1S/C18H25BrOSi/c1-8-15(13-14-11-9-10-12-16(14)19)20-21(17(2,3)4)18(5,6)7/h9-12,15H,13H2,2-7H3. The van der Waals surface area contributed by atoms with E-state index in [1.54, 1.807) is 0 Å². The number of hydrogen-bond acceptors (Lipinski definition) is 1. The molecule has 0 aliphatic heterocycles. The number of halogens is 1. The van der Waals surface area contributed by atoms with E-state index in [1.807, 2.05) is 18.2 Å². The van der Waals surface area contributed by atoms with Crippen LogP contribution in [0.4, 0.5) is 0 Å². The summed E-state index contributed by atoms with van der Waals surface area (Å²) < 4.78 is 7.43. The van der Waals surface area contributed by atoms with Crippen molar-refractivity contribution in [1.29, 1.82) is 0 Å². The summed E-state index contributed by atoms with van der Waals surface area (Å²) in [5, 5.41) is 0.234. The molecule has 1 atom stereocenters. The molecule has 3 heteroatoms. The van der Waals surface area contributed by atoms with Crippen LogP contribution in [0.2, 0.25) is 10.1 Å². The lowest BCUT2D eigenvalue weighted by Crippen LogP contribution is -2.41. The molecule has 0 saturated carbocycles. The molecule has 0 N–H and O–H groups in total. The Balaban J connectivity index is 2.91. The predicted molar refractivity (Wildman–Crippen MR) is 95.0 cm³/mol. The van der Waals surface area contributed by atoms with Gasteiger partial charge in [0.15, 0.2) is 0 Å². The second kappa shape index (κ2) is 7.13. The Morgan fingerprint density at radius 2 is 1.67 bits per heavy atom. The lowest BCUT2D eigenvalue weighted by atomic mass is 10.1. The summed E-state index contributed by atoms with van der Waals surface area (Å²) in [7, 11) is -1.12. The lowest BCUT2D eigenvalue weighted by molar-refractivity contribution is 0.230. The van der Waals surface area contributed by atoms with E-state index in [-0.39, 0.29) is 16.2 Å². The zero-order chi connectivity index (χ0) is 16.3. The zero-order valence-corrected chi connectivity index (χ0v) is 16.5. The van der Waals surface area contributed by atoms with E-state index in [2.05, 4.69) is 69.5 Å². The van der Waals surface area contributed by atoms with Crippen molar-refractivity contribution in [3.05, 3.63) is 40.7 Å². The molecule has 0 aliphatic rings. The van der Waals surface area contributed by atoms with Crippen molar-refractivity contribution in [3.63, 3.8) is 0 Å². The molecule has 0 spiro atoms. The fraction of sp³-hybridized carbons (Fsp3) is 0.556. The molecule has 0 bridgehead atoms.